The Labute approximate surface area is 206 Å². The number of hydrogen-bond acceptors (Lipinski definition) is 7. The Morgan fingerprint density at radius 2 is 1.91 bits per heavy atom. The Morgan fingerprint density at radius 1 is 1.09 bits per heavy atom. The molecule has 0 aromatic carbocycles. The molecule has 1 fully saturated rings. The second-order valence-electron chi connectivity index (χ2n) is 9.33. The van der Waals surface area contributed by atoms with Crippen molar-refractivity contribution in [2.45, 2.75) is 78.6 Å². The maximum Gasteiger partial charge on any atom is 0.260 e. The molecule has 2 atom stereocenters. The first-order valence-electron chi connectivity index (χ1n) is 12.8. The second-order valence-corrected chi connectivity index (χ2v) is 9.33. The summed E-state index contributed by atoms with van der Waals surface area (Å²) in [6, 6.07) is 7.81. The topological polar surface area (TPSA) is 106 Å². The lowest BCUT2D eigenvalue weighted by Crippen LogP contribution is -2.28. The van der Waals surface area contributed by atoms with Gasteiger partial charge >= 0.3 is 0 Å². The van der Waals surface area contributed by atoms with Crippen LogP contribution in [0.25, 0.3) is 11.5 Å². The molecular formula is C26H34N8O. The van der Waals surface area contributed by atoms with E-state index in [1.165, 1.54) is 0 Å². The summed E-state index contributed by atoms with van der Waals surface area (Å²) in [6.07, 6.45) is 4.28. The van der Waals surface area contributed by atoms with Crippen molar-refractivity contribution in [3.8, 4) is 11.5 Å². The molecule has 0 saturated carbocycles. The van der Waals surface area contributed by atoms with E-state index in [1.807, 2.05) is 45.0 Å². The number of nitrogens with zero attached hydrogens (tertiary/aromatic N) is 7. The number of pyridine rings is 2. The Bertz CT molecular complexity index is 1250. The van der Waals surface area contributed by atoms with Gasteiger partial charge in [-0.2, -0.15) is 0 Å². The van der Waals surface area contributed by atoms with E-state index in [1.54, 1.807) is 4.90 Å². The first kappa shape index (κ1) is 23.4. The standard InChI is InChI=1S/C24H28N8O.C2H6/c1-14-6-4-10-30(14)21-12-16-17(22(27-21)15(2)25)13-32(24(16)33)19-8-3-7-18(26-19)23-29-28-20-9-5-11-31(20)23;1-2/h3,7-8,12,14-15H,4-6,9-11,13,25H2,1-2H3;1-2H3. The van der Waals surface area contributed by atoms with Crippen LogP contribution in [0.1, 0.15) is 80.4 Å². The number of amides is 1. The molecule has 2 N–H and O–H groups in total. The van der Waals surface area contributed by atoms with E-state index >= 15 is 0 Å². The van der Waals surface area contributed by atoms with Crippen molar-refractivity contribution >= 4 is 17.5 Å². The zero-order valence-electron chi connectivity index (χ0n) is 21.0. The minimum absolute atomic E-state index is 0.0569. The van der Waals surface area contributed by atoms with E-state index in [9.17, 15) is 4.79 Å². The Kier molecular flexibility index (Phi) is 6.27. The fraction of sp³-hybridized carbons (Fsp3) is 0.500. The number of carbonyl (C=O) groups excluding carboxylic acids is 1. The molecule has 3 aliphatic rings. The zero-order chi connectivity index (χ0) is 24.7. The van der Waals surface area contributed by atoms with Crippen LogP contribution in [0.5, 0.6) is 0 Å². The predicted molar refractivity (Wildman–Crippen MR) is 136 cm³/mol. The first-order chi connectivity index (χ1) is 17.0. The molecule has 2 unspecified atom stereocenters. The minimum atomic E-state index is -0.262. The molecule has 6 rings (SSSR count). The van der Waals surface area contributed by atoms with Gasteiger partial charge in [0.15, 0.2) is 5.82 Å². The van der Waals surface area contributed by atoms with Gasteiger partial charge in [-0.15, -0.1) is 10.2 Å². The number of aryl methyl sites for hydroxylation is 1. The normalized spacial score (nSPS) is 19.5. The van der Waals surface area contributed by atoms with E-state index < -0.39 is 0 Å². The third kappa shape index (κ3) is 3.97. The summed E-state index contributed by atoms with van der Waals surface area (Å²) in [5.74, 6) is 3.16. The predicted octanol–water partition coefficient (Wildman–Crippen LogP) is 3.88. The Hall–Kier alpha value is -3.33. The lowest BCUT2D eigenvalue weighted by atomic mass is 10.0. The number of rotatable bonds is 4. The van der Waals surface area contributed by atoms with E-state index in [-0.39, 0.29) is 11.9 Å². The highest BCUT2D eigenvalue weighted by atomic mass is 16.2. The van der Waals surface area contributed by atoms with Crippen LogP contribution in [0.2, 0.25) is 0 Å². The molecule has 184 valence electrons. The SMILES string of the molecule is CC.CC(N)c1nc(N2CCCC2C)cc2c1CN(c1cccc(-c3nnc4n3CCC4)n1)C2=O. The highest BCUT2D eigenvalue weighted by molar-refractivity contribution is 6.10. The number of nitrogens with two attached hydrogens (primary N) is 1. The molecule has 3 aromatic heterocycles. The number of hydrogen-bond donors (Lipinski definition) is 1. The summed E-state index contributed by atoms with van der Waals surface area (Å²) in [5, 5.41) is 8.65. The molecule has 3 aliphatic heterocycles. The number of anilines is 2. The van der Waals surface area contributed by atoms with Gasteiger partial charge in [-0.3, -0.25) is 9.69 Å². The van der Waals surface area contributed by atoms with Gasteiger partial charge in [-0.1, -0.05) is 19.9 Å². The summed E-state index contributed by atoms with van der Waals surface area (Å²) in [6.45, 7) is 10.4. The van der Waals surface area contributed by atoms with Crippen LogP contribution < -0.4 is 15.5 Å². The average Bonchev–Trinajstić information content (AvgIpc) is 3.65. The minimum Gasteiger partial charge on any atom is -0.354 e. The van der Waals surface area contributed by atoms with Crippen molar-refractivity contribution in [3.63, 3.8) is 0 Å². The Morgan fingerprint density at radius 3 is 2.66 bits per heavy atom. The van der Waals surface area contributed by atoms with Crippen LogP contribution >= 0.6 is 0 Å². The smallest absolute Gasteiger partial charge is 0.260 e. The van der Waals surface area contributed by atoms with Crippen LogP contribution in [0.15, 0.2) is 24.3 Å². The van der Waals surface area contributed by atoms with Gasteiger partial charge in [0.25, 0.3) is 5.91 Å². The largest absolute Gasteiger partial charge is 0.354 e. The average molecular weight is 475 g/mol. The summed E-state index contributed by atoms with van der Waals surface area (Å²) in [5.41, 5.74) is 9.43. The summed E-state index contributed by atoms with van der Waals surface area (Å²) >= 11 is 0. The molecule has 6 heterocycles. The lowest BCUT2D eigenvalue weighted by Gasteiger charge is -2.24. The van der Waals surface area contributed by atoms with Gasteiger partial charge in [0.1, 0.15) is 23.2 Å². The van der Waals surface area contributed by atoms with Crippen LogP contribution in [0.4, 0.5) is 11.6 Å². The van der Waals surface area contributed by atoms with Gasteiger partial charge in [-0.25, -0.2) is 9.97 Å². The van der Waals surface area contributed by atoms with Crippen molar-refractivity contribution in [3.05, 3.63) is 46.9 Å². The molecule has 1 saturated heterocycles. The van der Waals surface area contributed by atoms with Gasteiger partial charge in [0, 0.05) is 37.2 Å². The lowest BCUT2D eigenvalue weighted by molar-refractivity contribution is 0.0996. The summed E-state index contributed by atoms with van der Waals surface area (Å²) < 4.78 is 2.12. The molecule has 9 heteroatoms. The van der Waals surface area contributed by atoms with Crippen LogP contribution in [0.3, 0.4) is 0 Å². The van der Waals surface area contributed by atoms with E-state index in [4.69, 9.17) is 15.7 Å². The molecule has 35 heavy (non-hydrogen) atoms. The molecule has 1 amide bonds. The molecule has 3 aromatic rings. The first-order valence-corrected chi connectivity index (χ1v) is 12.8. The van der Waals surface area contributed by atoms with Crippen molar-refractivity contribution in [2.75, 3.05) is 16.3 Å². The van der Waals surface area contributed by atoms with Crippen molar-refractivity contribution in [2.24, 2.45) is 5.73 Å². The van der Waals surface area contributed by atoms with Crippen molar-refractivity contribution in [1.29, 1.82) is 0 Å². The quantitative estimate of drug-likeness (QED) is 0.612. The third-order valence-corrected chi connectivity index (χ3v) is 7.06. The van der Waals surface area contributed by atoms with Crippen molar-refractivity contribution in [1.82, 2.24) is 24.7 Å². The fourth-order valence-corrected chi connectivity index (χ4v) is 5.33. The maximum atomic E-state index is 13.6. The molecule has 0 spiro atoms. The molecule has 0 aliphatic carbocycles. The summed E-state index contributed by atoms with van der Waals surface area (Å²) in [4.78, 5) is 27.3. The molecule has 0 radical (unpaired) electrons. The Balaban J connectivity index is 0.00000124. The summed E-state index contributed by atoms with van der Waals surface area (Å²) in [7, 11) is 0. The molecular weight excluding hydrogens is 440 g/mol. The molecule has 0 bridgehead atoms. The van der Waals surface area contributed by atoms with Gasteiger partial charge in [-0.05, 0) is 51.3 Å². The number of fused-ring (bicyclic) bond motifs is 2. The highest BCUT2D eigenvalue weighted by Gasteiger charge is 2.35. The van der Waals surface area contributed by atoms with Gasteiger partial charge < -0.3 is 15.2 Å². The number of aromatic nitrogens is 5. The highest BCUT2D eigenvalue weighted by Crippen LogP contribution is 2.35. The third-order valence-electron chi connectivity index (χ3n) is 7.06. The van der Waals surface area contributed by atoms with Crippen LogP contribution in [-0.4, -0.2) is 43.2 Å². The van der Waals surface area contributed by atoms with E-state index in [0.29, 0.717) is 24.0 Å². The van der Waals surface area contributed by atoms with Crippen LogP contribution in [0, 0.1) is 0 Å². The van der Waals surface area contributed by atoms with Gasteiger partial charge in [0.05, 0.1) is 17.8 Å². The van der Waals surface area contributed by atoms with Crippen LogP contribution in [-0.2, 0) is 19.5 Å². The fourth-order valence-electron chi connectivity index (χ4n) is 5.33. The second kappa shape index (κ2) is 9.37. The van der Waals surface area contributed by atoms with Gasteiger partial charge in [0.2, 0.25) is 0 Å². The van der Waals surface area contributed by atoms with E-state index in [2.05, 4.69) is 26.6 Å². The maximum absolute atomic E-state index is 13.6. The monoisotopic (exact) mass is 474 g/mol. The molecule has 9 nitrogen and oxygen atoms in total. The van der Waals surface area contributed by atoms with E-state index in [0.717, 1.165) is 73.2 Å². The van der Waals surface area contributed by atoms with Crippen molar-refractivity contribution < 1.29 is 4.79 Å². The zero-order valence-corrected chi connectivity index (χ0v) is 21.0. The number of carbonyl (C=O) groups is 1.